The van der Waals surface area contributed by atoms with Gasteiger partial charge in [0.1, 0.15) is 0 Å². The average Bonchev–Trinajstić information content (AvgIpc) is 2.44. The van der Waals surface area contributed by atoms with Gasteiger partial charge in [-0.1, -0.05) is 6.92 Å². The van der Waals surface area contributed by atoms with Crippen molar-refractivity contribution in [2.45, 2.75) is 27.2 Å². The number of thiazole rings is 1. The van der Waals surface area contributed by atoms with E-state index in [1.54, 1.807) is 0 Å². The van der Waals surface area contributed by atoms with Crippen molar-refractivity contribution in [1.29, 1.82) is 0 Å². The number of nitrogens with one attached hydrogen (secondary N) is 1. The minimum atomic E-state index is -0.326. The standard InChI is InChI=1S/C11H16N2O2S/c1-4-11(5-15-6-11)9(14)13-10-12-7(2)8(3)16-10/h4-6H2,1-3H3,(H,12,13,14). The number of rotatable bonds is 3. The number of nitrogens with zero attached hydrogens (tertiary/aromatic N) is 1. The third-order valence-corrected chi connectivity index (χ3v) is 4.15. The SMILES string of the molecule is CCC1(C(=O)Nc2nc(C)c(C)s2)COC1. The van der Waals surface area contributed by atoms with E-state index in [0.717, 1.165) is 17.0 Å². The second-order valence-electron chi connectivity index (χ2n) is 4.24. The molecule has 1 amide bonds. The number of hydrogen-bond donors (Lipinski definition) is 1. The molecule has 0 radical (unpaired) electrons. The molecule has 0 saturated carbocycles. The topological polar surface area (TPSA) is 51.2 Å². The van der Waals surface area contributed by atoms with Gasteiger partial charge in [-0.2, -0.15) is 0 Å². The summed E-state index contributed by atoms with van der Waals surface area (Å²) in [5.74, 6) is 0.0370. The first-order valence-electron chi connectivity index (χ1n) is 5.40. The van der Waals surface area contributed by atoms with E-state index in [2.05, 4.69) is 10.3 Å². The van der Waals surface area contributed by atoms with E-state index in [4.69, 9.17) is 4.74 Å². The van der Waals surface area contributed by atoms with Crippen LogP contribution in [0, 0.1) is 19.3 Å². The molecule has 1 aromatic rings. The Bertz CT molecular complexity index is 385. The predicted molar refractivity (Wildman–Crippen MR) is 63.8 cm³/mol. The fourth-order valence-electron chi connectivity index (χ4n) is 1.60. The van der Waals surface area contributed by atoms with Crippen LogP contribution in [0.3, 0.4) is 0 Å². The van der Waals surface area contributed by atoms with Gasteiger partial charge < -0.3 is 10.1 Å². The molecule has 2 rings (SSSR count). The highest BCUT2D eigenvalue weighted by Gasteiger charge is 2.44. The zero-order valence-electron chi connectivity index (χ0n) is 9.79. The molecule has 1 N–H and O–H groups in total. The molecule has 2 heterocycles. The van der Waals surface area contributed by atoms with Crippen LogP contribution in [-0.4, -0.2) is 24.1 Å². The number of carbonyl (C=O) groups excluding carboxylic acids is 1. The van der Waals surface area contributed by atoms with Crippen LogP contribution in [0.4, 0.5) is 5.13 Å². The Labute approximate surface area is 99.0 Å². The van der Waals surface area contributed by atoms with Crippen LogP contribution in [-0.2, 0) is 9.53 Å². The maximum Gasteiger partial charge on any atom is 0.237 e. The first-order chi connectivity index (χ1) is 7.57. The van der Waals surface area contributed by atoms with Crippen molar-refractivity contribution in [3.63, 3.8) is 0 Å². The van der Waals surface area contributed by atoms with Crippen molar-refractivity contribution in [3.05, 3.63) is 10.6 Å². The molecule has 0 aliphatic carbocycles. The minimum absolute atomic E-state index is 0.0370. The van der Waals surface area contributed by atoms with Gasteiger partial charge >= 0.3 is 0 Å². The van der Waals surface area contributed by atoms with Crippen LogP contribution in [0.1, 0.15) is 23.9 Å². The number of aromatic nitrogens is 1. The van der Waals surface area contributed by atoms with Crippen LogP contribution in [0.2, 0.25) is 0 Å². The Hall–Kier alpha value is -0.940. The third-order valence-electron chi connectivity index (χ3n) is 3.16. The Morgan fingerprint density at radius 3 is 2.62 bits per heavy atom. The first kappa shape index (κ1) is 11.5. The fraction of sp³-hybridized carbons (Fsp3) is 0.636. The van der Waals surface area contributed by atoms with E-state index in [1.807, 2.05) is 20.8 Å². The fourth-order valence-corrected chi connectivity index (χ4v) is 2.41. The van der Waals surface area contributed by atoms with Crippen LogP contribution >= 0.6 is 11.3 Å². The number of hydrogen-bond acceptors (Lipinski definition) is 4. The first-order valence-corrected chi connectivity index (χ1v) is 6.22. The van der Waals surface area contributed by atoms with Crippen molar-refractivity contribution in [2.24, 2.45) is 5.41 Å². The summed E-state index contributed by atoms with van der Waals surface area (Å²) in [5.41, 5.74) is 0.656. The monoisotopic (exact) mass is 240 g/mol. The molecular formula is C11H16N2O2S. The second kappa shape index (κ2) is 4.14. The molecule has 4 nitrogen and oxygen atoms in total. The Kier molecular flexibility index (Phi) is 2.99. The van der Waals surface area contributed by atoms with Crippen molar-refractivity contribution in [1.82, 2.24) is 4.98 Å². The molecule has 1 fully saturated rings. The maximum atomic E-state index is 12.0. The zero-order chi connectivity index (χ0) is 11.8. The minimum Gasteiger partial charge on any atom is -0.379 e. The molecule has 0 unspecified atom stereocenters. The molecule has 1 aliphatic heterocycles. The van der Waals surface area contributed by atoms with Gasteiger partial charge in [-0.05, 0) is 20.3 Å². The molecule has 1 aliphatic rings. The Morgan fingerprint density at radius 1 is 1.56 bits per heavy atom. The van der Waals surface area contributed by atoms with Crippen molar-refractivity contribution < 1.29 is 9.53 Å². The zero-order valence-corrected chi connectivity index (χ0v) is 10.6. The second-order valence-corrected chi connectivity index (χ2v) is 5.44. The van der Waals surface area contributed by atoms with Crippen LogP contribution in [0.25, 0.3) is 0 Å². The van der Waals surface area contributed by atoms with Gasteiger partial charge in [-0.3, -0.25) is 4.79 Å². The van der Waals surface area contributed by atoms with Gasteiger partial charge in [0.05, 0.1) is 24.3 Å². The quantitative estimate of drug-likeness (QED) is 0.880. The Morgan fingerprint density at radius 2 is 2.25 bits per heavy atom. The van der Waals surface area contributed by atoms with Crippen LogP contribution in [0.5, 0.6) is 0 Å². The number of carbonyl (C=O) groups is 1. The van der Waals surface area contributed by atoms with E-state index in [1.165, 1.54) is 11.3 Å². The molecule has 5 heteroatoms. The summed E-state index contributed by atoms with van der Waals surface area (Å²) in [6.45, 7) is 7.02. The summed E-state index contributed by atoms with van der Waals surface area (Å²) in [4.78, 5) is 17.5. The largest absolute Gasteiger partial charge is 0.379 e. The van der Waals surface area contributed by atoms with Gasteiger partial charge in [0.25, 0.3) is 0 Å². The summed E-state index contributed by atoms with van der Waals surface area (Å²) in [6.07, 6.45) is 0.808. The van der Waals surface area contributed by atoms with Gasteiger partial charge in [-0.25, -0.2) is 4.98 Å². The summed E-state index contributed by atoms with van der Waals surface area (Å²) < 4.78 is 5.14. The molecule has 0 spiro atoms. The van der Waals surface area contributed by atoms with Crippen molar-refractivity contribution >= 4 is 22.4 Å². The number of ether oxygens (including phenoxy) is 1. The summed E-state index contributed by atoms with van der Waals surface area (Å²) in [6, 6.07) is 0. The Balaban J connectivity index is 2.07. The lowest BCUT2D eigenvalue weighted by Gasteiger charge is -2.38. The molecule has 1 aromatic heterocycles. The lowest BCUT2D eigenvalue weighted by Crippen LogP contribution is -2.51. The van der Waals surface area contributed by atoms with E-state index >= 15 is 0 Å². The van der Waals surface area contributed by atoms with Crippen molar-refractivity contribution in [3.8, 4) is 0 Å². The van der Waals surface area contributed by atoms with Crippen molar-refractivity contribution in [2.75, 3.05) is 18.5 Å². The lowest BCUT2D eigenvalue weighted by atomic mass is 9.82. The average molecular weight is 240 g/mol. The molecule has 1 saturated heterocycles. The van der Waals surface area contributed by atoms with E-state index in [-0.39, 0.29) is 11.3 Å². The van der Waals surface area contributed by atoms with E-state index < -0.39 is 0 Å². The molecule has 0 bridgehead atoms. The molecule has 88 valence electrons. The summed E-state index contributed by atoms with van der Waals surface area (Å²) in [7, 11) is 0. The van der Waals surface area contributed by atoms with E-state index in [0.29, 0.717) is 18.3 Å². The predicted octanol–water partition coefficient (Wildman–Crippen LogP) is 2.13. The molecule has 16 heavy (non-hydrogen) atoms. The van der Waals surface area contributed by atoms with Gasteiger partial charge in [0.2, 0.25) is 5.91 Å². The highest BCUT2D eigenvalue weighted by molar-refractivity contribution is 7.15. The van der Waals surface area contributed by atoms with Crippen LogP contribution < -0.4 is 5.32 Å². The number of amides is 1. The maximum absolute atomic E-state index is 12.0. The van der Waals surface area contributed by atoms with Crippen LogP contribution in [0.15, 0.2) is 0 Å². The lowest BCUT2D eigenvalue weighted by molar-refractivity contribution is -0.156. The highest BCUT2D eigenvalue weighted by atomic mass is 32.1. The number of aryl methyl sites for hydroxylation is 2. The van der Waals surface area contributed by atoms with Gasteiger partial charge in [0.15, 0.2) is 5.13 Å². The third kappa shape index (κ3) is 1.85. The summed E-state index contributed by atoms with van der Waals surface area (Å²) in [5, 5.41) is 3.58. The molecule has 0 aromatic carbocycles. The summed E-state index contributed by atoms with van der Waals surface area (Å²) >= 11 is 1.52. The smallest absolute Gasteiger partial charge is 0.237 e. The number of anilines is 1. The molecule has 0 atom stereocenters. The highest BCUT2D eigenvalue weighted by Crippen LogP contribution is 2.33. The normalized spacial score (nSPS) is 17.9. The van der Waals surface area contributed by atoms with Gasteiger partial charge in [0, 0.05) is 4.88 Å². The van der Waals surface area contributed by atoms with Gasteiger partial charge in [-0.15, -0.1) is 11.3 Å². The van der Waals surface area contributed by atoms with E-state index in [9.17, 15) is 4.79 Å². The molecular weight excluding hydrogens is 224 g/mol.